The molecule has 1 aliphatic rings. The fourth-order valence-corrected chi connectivity index (χ4v) is 2.24. The van der Waals surface area contributed by atoms with Crippen molar-refractivity contribution in [2.24, 2.45) is 0 Å². The van der Waals surface area contributed by atoms with E-state index in [0.717, 1.165) is 43.0 Å². The van der Waals surface area contributed by atoms with Crippen molar-refractivity contribution in [1.29, 1.82) is 0 Å². The number of nitrogens with zero attached hydrogens (tertiary/aromatic N) is 2. The van der Waals surface area contributed by atoms with Gasteiger partial charge in [-0.3, -0.25) is 10.1 Å². The standard InChI is InChI=1S/C13H17N5/c1-2-10(9-15-5-1)12-8-13(18-17-12)16-11-3-6-14-7-4-11/h1-2,5,8-9,11,14H,3-4,6-7H2,(H2,16,17,18). The van der Waals surface area contributed by atoms with Gasteiger partial charge in [0, 0.05) is 30.1 Å². The molecule has 0 saturated carbocycles. The lowest BCUT2D eigenvalue weighted by atomic mass is 10.1. The average molecular weight is 243 g/mol. The fraction of sp³-hybridized carbons (Fsp3) is 0.385. The first-order valence-corrected chi connectivity index (χ1v) is 6.35. The summed E-state index contributed by atoms with van der Waals surface area (Å²) in [5.74, 6) is 0.917. The van der Waals surface area contributed by atoms with E-state index in [9.17, 15) is 0 Å². The quantitative estimate of drug-likeness (QED) is 0.766. The predicted octanol–water partition coefficient (Wildman–Crippen LogP) is 1.64. The van der Waals surface area contributed by atoms with Gasteiger partial charge in [-0.2, -0.15) is 5.10 Å². The molecule has 1 saturated heterocycles. The largest absolute Gasteiger partial charge is 0.366 e. The Kier molecular flexibility index (Phi) is 3.23. The molecule has 1 aliphatic heterocycles. The van der Waals surface area contributed by atoms with E-state index in [0.29, 0.717) is 6.04 Å². The summed E-state index contributed by atoms with van der Waals surface area (Å²) in [7, 11) is 0. The molecule has 1 fully saturated rings. The van der Waals surface area contributed by atoms with Gasteiger partial charge in [-0.1, -0.05) is 0 Å². The Morgan fingerprint density at radius 1 is 1.28 bits per heavy atom. The van der Waals surface area contributed by atoms with Crippen LogP contribution in [0.3, 0.4) is 0 Å². The van der Waals surface area contributed by atoms with Gasteiger partial charge in [0.1, 0.15) is 5.82 Å². The number of aromatic nitrogens is 3. The minimum absolute atomic E-state index is 0.524. The second-order valence-electron chi connectivity index (χ2n) is 4.58. The van der Waals surface area contributed by atoms with Crippen LogP contribution in [0.1, 0.15) is 12.8 Å². The van der Waals surface area contributed by atoms with Crippen molar-refractivity contribution in [2.45, 2.75) is 18.9 Å². The van der Waals surface area contributed by atoms with Gasteiger partial charge in [0.05, 0.1) is 5.69 Å². The van der Waals surface area contributed by atoms with E-state index in [4.69, 9.17) is 0 Å². The molecule has 0 bridgehead atoms. The summed E-state index contributed by atoms with van der Waals surface area (Å²) in [6.07, 6.45) is 5.90. The number of aromatic amines is 1. The van der Waals surface area contributed by atoms with Crippen molar-refractivity contribution in [3.63, 3.8) is 0 Å². The van der Waals surface area contributed by atoms with Crippen LogP contribution in [-0.4, -0.2) is 34.3 Å². The number of anilines is 1. The molecule has 5 nitrogen and oxygen atoms in total. The predicted molar refractivity (Wildman–Crippen MR) is 71.3 cm³/mol. The van der Waals surface area contributed by atoms with Crippen molar-refractivity contribution in [1.82, 2.24) is 20.5 Å². The number of hydrogen-bond donors (Lipinski definition) is 3. The van der Waals surface area contributed by atoms with Crippen molar-refractivity contribution < 1.29 is 0 Å². The van der Waals surface area contributed by atoms with Gasteiger partial charge in [0.15, 0.2) is 0 Å². The lowest BCUT2D eigenvalue weighted by Crippen LogP contribution is -2.35. The minimum atomic E-state index is 0.524. The first-order valence-electron chi connectivity index (χ1n) is 6.35. The summed E-state index contributed by atoms with van der Waals surface area (Å²) in [5, 5.41) is 14.2. The van der Waals surface area contributed by atoms with E-state index in [-0.39, 0.29) is 0 Å². The highest BCUT2D eigenvalue weighted by Crippen LogP contribution is 2.19. The third kappa shape index (κ3) is 2.51. The first-order chi connectivity index (χ1) is 8.92. The molecule has 0 unspecified atom stereocenters. The number of piperidine rings is 1. The van der Waals surface area contributed by atoms with Crippen molar-refractivity contribution in [3.05, 3.63) is 30.6 Å². The molecule has 0 amide bonds. The monoisotopic (exact) mass is 243 g/mol. The summed E-state index contributed by atoms with van der Waals surface area (Å²) < 4.78 is 0. The molecule has 0 aliphatic carbocycles. The van der Waals surface area contributed by atoms with Crippen LogP contribution in [0.2, 0.25) is 0 Å². The van der Waals surface area contributed by atoms with E-state index in [2.05, 4.69) is 25.8 Å². The Hall–Kier alpha value is -1.88. The Bertz CT molecular complexity index is 487. The Balaban J connectivity index is 1.69. The van der Waals surface area contributed by atoms with Crippen LogP contribution in [-0.2, 0) is 0 Å². The molecule has 5 heteroatoms. The molecular formula is C13H17N5. The van der Waals surface area contributed by atoms with Crippen LogP contribution in [0.5, 0.6) is 0 Å². The molecule has 2 aromatic rings. The van der Waals surface area contributed by atoms with Crippen LogP contribution < -0.4 is 10.6 Å². The van der Waals surface area contributed by atoms with Crippen LogP contribution >= 0.6 is 0 Å². The number of pyridine rings is 1. The van der Waals surface area contributed by atoms with Crippen LogP contribution in [0.25, 0.3) is 11.3 Å². The maximum absolute atomic E-state index is 4.30. The SMILES string of the molecule is c1cncc(-c2cc(NC3CCNCC3)n[nH]2)c1. The zero-order valence-corrected chi connectivity index (χ0v) is 10.2. The summed E-state index contributed by atoms with van der Waals surface area (Å²) in [6.45, 7) is 2.16. The van der Waals surface area contributed by atoms with E-state index < -0.39 is 0 Å². The van der Waals surface area contributed by atoms with Gasteiger partial charge in [-0.05, 0) is 38.1 Å². The first kappa shape index (κ1) is 11.2. The molecule has 3 heterocycles. The smallest absolute Gasteiger partial charge is 0.148 e. The fourth-order valence-electron chi connectivity index (χ4n) is 2.24. The van der Waals surface area contributed by atoms with Gasteiger partial charge in [-0.15, -0.1) is 0 Å². The summed E-state index contributed by atoms with van der Waals surface area (Å²) in [6, 6.07) is 6.51. The Labute approximate surface area is 106 Å². The summed E-state index contributed by atoms with van der Waals surface area (Å²) in [5.41, 5.74) is 2.06. The van der Waals surface area contributed by atoms with Crippen molar-refractivity contribution >= 4 is 5.82 Å². The summed E-state index contributed by atoms with van der Waals surface area (Å²) in [4.78, 5) is 4.11. The normalized spacial score (nSPS) is 16.7. The lowest BCUT2D eigenvalue weighted by molar-refractivity contribution is 0.478. The van der Waals surface area contributed by atoms with Crippen molar-refractivity contribution in [2.75, 3.05) is 18.4 Å². The van der Waals surface area contributed by atoms with Crippen molar-refractivity contribution in [3.8, 4) is 11.3 Å². The number of nitrogens with one attached hydrogen (secondary N) is 3. The lowest BCUT2D eigenvalue weighted by Gasteiger charge is -2.23. The number of H-pyrrole nitrogens is 1. The van der Waals surface area contributed by atoms with Crippen LogP contribution in [0, 0.1) is 0 Å². The highest BCUT2D eigenvalue weighted by atomic mass is 15.2. The van der Waals surface area contributed by atoms with Gasteiger partial charge >= 0.3 is 0 Å². The molecular weight excluding hydrogens is 226 g/mol. The summed E-state index contributed by atoms with van der Waals surface area (Å²) >= 11 is 0. The molecule has 94 valence electrons. The van der Waals surface area contributed by atoms with E-state index in [1.165, 1.54) is 0 Å². The molecule has 0 atom stereocenters. The molecule has 2 aromatic heterocycles. The second-order valence-corrected chi connectivity index (χ2v) is 4.58. The average Bonchev–Trinajstić information content (AvgIpc) is 2.89. The highest BCUT2D eigenvalue weighted by Gasteiger charge is 2.13. The highest BCUT2D eigenvalue weighted by molar-refractivity contribution is 5.61. The number of rotatable bonds is 3. The zero-order chi connectivity index (χ0) is 12.2. The van der Waals surface area contributed by atoms with E-state index in [1.54, 1.807) is 6.20 Å². The van der Waals surface area contributed by atoms with Gasteiger partial charge < -0.3 is 10.6 Å². The topological polar surface area (TPSA) is 65.6 Å². The molecule has 0 aromatic carbocycles. The molecule has 18 heavy (non-hydrogen) atoms. The molecule has 0 radical (unpaired) electrons. The third-order valence-electron chi connectivity index (χ3n) is 3.24. The molecule has 3 rings (SSSR count). The van der Waals surface area contributed by atoms with Gasteiger partial charge in [-0.25, -0.2) is 0 Å². The van der Waals surface area contributed by atoms with E-state index in [1.807, 2.05) is 24.4 Å². The van der Waals surface area contributed by atoms with E-state index >= 15 is 0 Å². The van der Waals surface area contributed by atoms with Gasteiger partial charge in [0.2, 0.25) is 0 Å². The maximum Gasteiger partial charge on any atom is 0.148 e. The zero-order valence-electron chi connectivity index (χ0n) is 10.2. The number of hydrogen-bond acceptors (Lipinski definition) is 4. The minimum Gasteiger partial charge on any atom is -0.366 e. The second kappa shape index (κ2) is 5.18. The van der Waals surface area contributed by atoms with Crippen LogP contribution in [0.4, 0.5) is 5.82 Å². The molecule has 0 spiro atoms. The van der Waals surface area contributed by atoms with Crippen LogP contribution in [0.15, 0.2) is 30.6 Å². The Morgan fingerprint density at radius 2 is 2.17 bits per heavy atom. The molecule has 3 N–H and O–H groups in total. The maximum atomic E-state index is 4.30. The third-order valence-corrected chi connectivity index (χ3v) is 3.24. The van der Waals surface area contributed by atoms with Gasteiger partial charge in [0.25, 0.3) is 0 Å². The Morgan fingerprint density at radius 3 is 2.94 bits per heavy atom.